The van der Waals surface area contributed by atoms with Crippen molar-refractivity contribution in [3.8, 4) is 0 Å². The van der Waals surface area contributed by atoms with E-state index < -0.39 is 0 Å². The number of benzene rings is 1. The predicted molar refractivity (Wildman–Crippen MR) is 88.4 cm³/mol. The Bertz CT molecular complexity index is 748. The zero-order valence-electron chi connectivity index (χ0n) is 13.0. The zero-order chi connectivity index (χ0) is 16.2. The molecule has 1 atom stereocenters. The van der Waals surface area contributed by atoms with Gasteiger partial charge in [-0.15, -0.1) is 5.10 Å². The van der Waals surface area contributed by atoms with Crippen LogP contribution in [0.2, 0.25) is 5.02 Å². The Kier molecular flexibility index (Phi) is 4.62. The van der Waals surface area contributed by atoms with Gasteiger partial charge in [-0.2, -0.15) is 5.10 Å². The maximum absolute atomic E-state index is 6.08. The van der Waals surface area contributed by atoms with E-state index in [2.05, 4.69) is 39.7 Å². The topological polar surface area (TPSA) is 68.8 Å². The number of nitrogens with zero attached hydrogens (tertiary/aromatic N) is 4. The van der Waals surface area contributed by atoms with E-state index in [0.717, 1.165) is 12.1 Å². The van der Waals surface area contributed by atoms with Crippen molar-refractivity contribution in [1.29, 1.82) is 0 Å². The molecule has 0 aliphatic heterocycles. The van der Waals surface area contributed by atoms with E-state index in [-0.39, 0.29) is 5.92 Å². The summed E-state index contributed by atoms with van der Waals surface area (Å²) in [6.45, 7) is 2.57. The largest absolute Gasteiger partial charge is 0.407 e. The smallest absolute Gasteiger partial charge is 0.315 e. The lowest BCUT2D eigenvalue weighted by Crippen LogP contribution is -2.06. The summed E-state index contributed by atoms with van der Waals surface area (Å²) in [5, 5.41) is 16.0. The molecule has 23 heavy (non-hydrogen) atoms. The number of nitrogens with one attached hydrogen (secondary N) is 1. The first kappa shape index (κ1) is 15.6. The number of anilines is 1. The first-order valence-electron chi connectivity index (χ1n) is 7.47. The van der Waals surface area contributed by atoms with Crippen molar-refractivity contribution in [1.82, 2.24) is 20.0 Å². The lowest BCUT2D eigenvalue weighted by atomic mass is 9.97. The van der Waals surface area contributed by atoms with E-state index in [1.165, 1.54) is 5.56 Å². The van der Waals surface area contributed by atoms with E-state index in [0.29, 0.717) is 23.5 Å². The second-order valence-electron chi connectivity index (χ2n) is 5.23. The van der Waals surface area contributed by atoms with Gasteiger partial charge in [0.25, 0.3) is 0 Å². The van der Waals surface area contributed by atoms with Gasteiger partial charge < -0.3 is 9.73 Å². The van der Waals surface area contributed by atoms with E-state index in [1.807, 2.05) is 25.2 Å². The number of halogens is 1. The number of rotatable bonds is 6. The Morgan fingerprint density at radius 1 is 1.26 bits per heavy atom. The molecule has 2 aromatic heterocycles. The second-order valence-corrected chi connectivity index (χ2v) is 5.64. The highest BCUT2D eigenvalue weighted by Crippen LogP contribution is 2.27. The summed E-state index contributed by atoms with van der Waals surface area (Å²) in [5.41, 5.74) is 2.03. The van der Waals surface area contributed by atoms with Gasteiger partial charge in [0.05, 0.1) is 29.4 Å². The zero-order valence-corrected chi connectivity index (χ0v) is 13.8. The van der Waals surface area contributed by atoms with E-state index in [9.17, 15) is 0 Å². The fourth-order valence-electron chi connectivity index (χ4n) is 2.48. The molecule has 6 nitrogen and oxygen atoms in total. The Labute approximate surface area is 139 Å². The number of aromatic nitrogens is 4. The monoisotopic (exact) mass is 331 g/mol. The summed E-state index contributed by atoms with van der Waals surface area (Å²) in [6, 6.07) is 10.5. The third-order valence-corrected chi connectivity index (χ3v) is 4.08. The van der Waals surface area contributed by atoms with Crippen LogP contribution in [0.25, 0.3) is 0 Å². The fraction of sp³-hybridized carbons (Fsp3) is 0.312. The second kappa shape index (κ2) is 6.83. The minimum Gasteiger partial charge on any atom is -0.407 e. The quantitative estimate of drug-likeness (QED) is 0.747. The van der Waals surface area contributed by atoms with E-state index >= 15 is 0 Å². The van der Waals surface area contributed by atoms with Gasteiger partial charge in [-0.05, 0) is 12.0 Å². The van der Waals surface area contributed by atoms with Crippen molar-refractivity contribution in [2.24, 2.45) is 7.05 Å². The molecule has 0 fully saturated rings. The SMILES string of the molecule is CCC(c1ccccc1)c1nnc(NCc2c(Cl)cnn2C)o1. The van der Waals surface area contributed by atoms with Gasteiger partial charge in [-0.1, -0.05) is 54.0 Å². The highest BCUT2D eigenvalue weighted by atomic mass is 35.5. The lowest BCUT2D eigenvalue weighted by Gasteiger charge is -2.10. The highest BCUT2D eigenvalue weighted by Gasteiger charge is 2.19. The molecule has 1 N–H and O–H groups in total. The van der Waals surface area contributed by atoms with Crippen molar-refractivity contribution in [2.45, 2.75) is 25.8 Å². The molecular formula is C16H18ClN5O. The molecule has 0 amide bonds. The van der Waals surface area contributed by atoms with Crippen LogP contribution in [-0.2, 0) is 13.6 Å². The highest BCUT2D eigenvalue weighted by molar-refractivity contribution is 6.31. The van der Waals surface area contributed by atoms with Crippen LogP contribution in [-0.4, -0.2) is 20.0 Å². The molecule has 1 aromatic carbocycles. The summed E-state index contributed by atoms with van der Waals surface area (Å²) >= 11 is 6.08. The van der Waals surface area contributed by atoms with Crippen LogP contribution in [0.4, 0.5) is 6.01 Å². The van der Waals surface area contributed by atoms with Gasteiger partial charge in [0.2, 0.25) is 5.89 Å². The Morgan fingerprint density at radius 3 is 2.70 bits per heavy atom. The molecule has 0 saturated heterocycles. The Hall–Kier alpha value is -2.34. The molecular weight excluding hydrogens is 314 g/mol. The molecule has 1 unspecified atom stereocenters. The summed E-state index contributed by atoms with van der Waals surface area (Å²) in [5.74, 6) is 0.705. The van der Waals surface area contributed by atoms with Crippen LogP contribution in [0.1, 0.15) is 36.4 Å². The molecule has 2 heterocycles. The van der Waals surface area contributed by atoms with Crippen molar-refractivity contribution in [3.63, 3.8) is 0 Å². The summed E-state index contributed by atoms with van der Waals surface area (Å²) < 4.78 is 7.48. The standard InChI is InChI=1S/C16H18ClN5O/c1-3-12(11-7-5-4-6-8-11)15-20-21-16(23-15)18-10-14-13(17)9-19-22(14)2/h4-9,12H,3,10H2,1-2H3,(H,18,21). The molecule has 0 spiro atoms. The number of aryl methyl sites for hydroxylation is 1. The molecule has 120 valence electrons. The van der Waals surface area contributed by atoms with Crippen LogP contribution in [0.3, 0.4) is 0 Å². The maximum atomic E-state index is 6.08. The normalized spacial score (nSPS) is 12.3. The maximum Gasteiger partial charge on any atom is 0.315 e. The van der Waals surface area contributed by atoms with Crippen molar-refractivity contribution >= 4 is 17.6 Å². The average Bonchev–Trinajstić information content (AvgIpc) is 3.15. The van der Waals surface area contributed by atoms with Crippen molar-refractivity contribution in [3.05, 3.63) is 58.7 Å². The summed E-state index contributed by atoms with van der Waals surface area (Å²) in [6.07, 6.45) is 2.50. The predicted octanol–water partition coefficient (Wildman–Crippen LogP) is 3.61. The summed E-state index contributed by atoms with van der Waals surface area (Å²) in [4.78, 5) is 0. The fourth-order valence-corrected chi connectivity index (χ4v) is 2.71. The molecule has 0 aliphatic rings. The van der Waals surface area contributed by atoms with Crippen molar-refractivity contribution < 1.29 is 4.42 Å². The molecule has 0 saturated carbocycles. The van der Waals surface area contributed by atoms with Gasteiger partial charge in [0.1, 0.15) is 0 Å². The molecule has 0 bridgehead atoms. The first-order chi connectivity index (χ1) is 11.2. The van der Waals surface area contributed by atoms with Gasteiger partial charge >= 0.3 is 6.01 Å². The summed E-state index contributed by atoms with van der Waals surface area (Å²) in [7, 11) is 1.84. The number of hydrogen-bond acceptors (Lipinski definition) is 5. The van der Waals surface area contributed by atoms with Crippen LogP contribution in [0.15, 0.2) is 40.9 Å². The van der Waals surface area contributed by atoms with E-state index in [4.69, 9.17) is 16.0 Å². The van der Waals surface area contributed by atoms with Crippen LogP contribution >= 0.6 is 11.6 Å². The van der Waals surface area contributed by atoms with Gasteiger partial charge in [0.15, 0.2) is 0 Å². The Morgan fingerprint density at radius 2 is 2.04 bits per heavy atom. The minimum absolute atomic E-state index is 0.0968. The average molecular weight is 332 g/mol. The van der Waals surface area contributed by atoms with Crippen LogP contribution < -0.4 is 5.32 Å². The van der Waals surface area contributed by atoms with Crippen LogP contribution in [0, 0.1) is 0 Å². The third-order valence-electron chi connectivity index (χ3n) is 3.77. The Balaban J connectivity index is 1.72. The third kappa shape index (κ3) is 3.37. The first-order valence-corrected chi connectivity index (χ1v) is 7.85. The molecule has 3 aromatic rings. The van der Waals surface area contributed by atoms with Crippen molar-refractivity contribution in [2.75, 3.05) is 5.32 Å². The molecule has 3 rings (SSSR count). The molecule has 0 radical (unpaired) electrons. The number of hydrogen-bond donors (Lipinski definition) is 1. The van der Waals surface area contributed by atoms with Crippen LogP contribution in [0.5, 0.6) is 0 Å². The van der Waals surface area contributed by atoms with Gasteiger partial charge in [-0.25, -0.2) is 0 Å². The molecule has 0 aliphatic carbocycles. The minimum atomic E-state index is 0.0968. The molecule has 7 heteroatoms. The lowest BCUT2D eigenvalue weighted by molar-refractivity contribution is 0.473. The van der Waals surface area contributed by atoms with E-state index in [1.54, 1.807) is 10.9 Å². The van der Waals surface area contributed by atoms with Gasteiger partial charge in [-0.3, -0.25) is 4.68 Å². The van der Waals surface area contributed by atoms with Gasteiger partial charge in [0, 0.05) is 7.05 Å².